The third-order valence-corrected chi connectivity index (χ3v) is 4.78. The second-order valence-electron chi connectivity index (χ2n) is 6.25. The summed E-state index contributed by atoms with van der Waals surface area (Å²) in [6, 6.07) is 0. The van der Waals surface area contributed by atoms with Gasteiger partial charge in [0.05, 0.1) is 26.2 Å². The molecule has 0 spiro atoms. The number of hydrogen-bond donors (Lipinski definition) is 0. The molecule has 0 aliphatic rings. The van der Waals surface area contributed by atoms with Crippen LogP contribution >= 0.6 is 0 Å². The van der Waals surface area contributed by atoms with Crippen LogP contribution in [0.4, 0.5) is 0 Å². The minimum Gasteiger partial charge on any atom is -0.324 e. The molecule has 19 heavy (non-hydrogen) atoms. The fourth-order valence-corrected chi connectivity index (χ4v) is 3.20. The third-order valence-electron chi connectivity index (χ3n) is 4.78. The van der Waals surface area contributed by atoms with E-state index >= 15 is 0 Å². The second-order valence-corrected chi connectivity index (χ2v) is 6.25. The molecule has 0 N–H and O–H groups in total. The molecule has 0 aromatic heterocycles. The average molecular weight is 271 g/mol. The van der Waals surface area contributed by atoms with Crippen molar-refractivity contribution in [3.05, 3.63) is 0 Å². The van der Waals surface area contributed by atoms with Gasteiger partial charge < -0.3 is 4.48 Å². The summed E-state index contributed by atoms with van der Waals surface area (Å²) in [5.74, 6) is 0. The van der Waals surface area contributed by atoms with Crippen molar-refractivity contribution in [2.45, 2.75) is 91.9 Å². The fourth-order valence-electron chi connectivity index (χ4n) is 3.20. The minimum atomic E-state index is 1.32. The molecular weight excluding hydrogens is 230 g/mol. The first-order valence-electron chi connectivity index (χ1n) is 9.09. The van der Waals surface area contributed by atoms with Gasteiger partial charge in [-0.3, -0.25) is 0 Å². The molecule has 0 bridgehead atoms. The molecule has 0 heterocycles. The molecule has 0 amide bonds. The van der Waals surface area contributed by atoms with Gasteiger partial charge in [0.2, 0.25) is 0 Å². The van der Waals surface area contributed by atoms with Crippen molar-refractivity contribution in [2.24, 2.45) is 0 Å². The number of rotatable bonds is 14. The van der Waals surface area contributed by atoms with E-state index in [1.54, 1.807) is 0 Å². The predicted molar refractivity (Wildman–Crippen MR) is 88.6 cm³/mol. The number of hydrogen-bond acceptors (Lipinski definition) is 0. The largest absolute Gasteiger partial charge is 0.324 e. The van der Waals surface area contributed by atoms with Crippen LogP contribution in [0.15, 0.2) is 0 Å². The Hall–Kier alpha value is -0.0400. The Kier molecular flexibility index (Phi) is 12.9. The topological polar surface area (TPSA) is 0 Å². The van der Waals surface area contributed by atoms with Crippen molar-refractivity contribution < 1.29 is 4.48 Å². The Morgan fingerprint density at radius 3 is 1.37 bits per heavy atom. The van der Waals surface area contributed by atoms with Gasteiger partial charge in [0.1, 0.15) is 0 Å². The molecule has 0 saturated carbocycles. The van der Waals surface area contributed by atoms with Crippen LogP contribution in [-0.2, 0) is 0 Å². The van der Waals surface area contributed by atoms with Gasteiger partial charge in [-0.2, -0.15) is 0 Å². The van der Waals surface area contributed by atoms with Crippen LogP contribution in [-0.4, -0.2) is 30.7 Å². The van der Waals surface area contributed by atoms with E-state index in [4.69, 9.17) is 0 Å². The third kappa shape index (κ3) is 9.49. The summed E-state index contributed by atoms with van der Waals surface area (Å²) in [6.07, 6.45) is 14.4. The van der Waals surface area contributed by atoms with Gasteiger partial charge in [0.15, 0.2) is 0 Å². The monoisotopic (exact) mass is 270 g/mol. The van der Waals surface area contributed by atoms with Gasteiger partial charge >= 0.3 is 0 Å². The molecule has 0 rings (SSSR count). The van der Waals surface area contributed by atoms with E-state index in [2.05, 4.69) is 27.7 Å². The zero-order chi connectivity index (χ0) is 14.4. The Morgan fingerprint density at radius 2 is 0.947 bits per heavy atom. The van der Waals surface area contributed by atoms with Crippen LogP contribution < -0.4 is 0 Å². The van der Waals surface area contributed by atoms with E-state index in [0.717, 1.165) is 0 Å². The Balaban J connectivity index is 3.50. The molecule has 0 atom stereocenters. The lowest BCUT2D eigenvalue weighted by molar-refractivity contribution is -0.925. The van der Waals surface area contributed by atoms with E-state index in [0.29, 0.717) is 0 Å². The van der Waals surface area contributed by atoms with Gasteiger partial charge in [-0.05, 0) is 33.1 Å². The molecule has 1 heteroatoms. The molecule has 0 saturated heterocycles. The molecule has 0 fully saturated rings. The van der Waals surface area contributed by atoms with Gasteiger partial charge in [-0.25, -0.2) is 0 Å². The maximum absolute atomic E-state index is 2.37. The van der Waals surface area contributed by atoms with Crippen LogP contribution in [0, 0.1) is 0 Å². The number of unbranched alkanes of at least 4 members (excludes halogenated alkanes) is 8. The van der Waals surface area contributed by atoms with Crippen molar-refractivity contribution in [2.75, 3.05) is 26.2 Å². The minimum absolute atomic E-state index is 1.32. The van der Waals surface area contributed by atoms with Gasteiger partial charge in [-0.15, -0.1) is 0 Å². The smallest absolute Gasteiger partial charge is 0.0786 e. The molecule has 0 aliphatic carbocycles. The Bertz CT molecular complexity index is 173. The second kappa shape index (κ2) is 13.0. The zero-order valence-electron chi connectivity index (χ0n) is 14.3. The summed E-state index contributed by atoms with van der Waals surface area (Å²) in [4.78, 5) is 0. The highest BCUT2D eigenvalue weighted by molar-refractivity contribution is 4.48. The maximum atomic E-state index is 2.37. The van der Waals surface area contributed by atoms with Crippen LogP contribution in [0.5, 0.6) is 0 Å². The summed E-state index contributed by atoms with van der Waals surface area (Å²) in [5, 5.41) is 0. The number of nitrogens with zero attached hydrogens (tertiary/aromatic N) is 1. The summed E-state index contributed by atoms with van der Waals surface area (Å²) >= 11 is 0. The van der Waals surface area contributed by atoms with E-state index in [1.807, 2.05) is 0 Å². The number of quaternary nitrogens is 1. The van der Waals surface area contributed by atoms with Gasteiger partial charge in [0, 0.05) is 0 Å². The first-order valence-corrected chi connectivity index (χ1v) is 9.09. The summed E-state index contributed by atoms with van der Waals surface area (Å²) in [7, 11) is 0. The summed E-state index contributed by atoms with van der Waals surface area (Å²) in [5.41, 5.74) is 0. The fraction of sp³-hybridized carbons (Fsp3) is 1.00. The normalized spacial score (nSPS) is 12.0. The maximum Gasteiger partial charge on any atom is 0.0786 e. The summed E-state index contributed by atoms with van der Waals surface area (Å²) < 4.78 is 1.35. The van der Waals surface area contributed by atoms with Gasteiger partial charge in [-0.1, -0.05) is 58.8 Å². The summed E-state index contributed by atoms with van der Waals surface area (Å²) in [6.45, 7) is 14.8. The molecule has 0 aromatic carbocycles. The SMILES string of the molecule is CCCCCCCCCCC[N+](CC)(CC)CCC. The molecule has 116 valence electrons. The van der Waals surface area contributed by atoms with E-state index in [1.165, 1.54) is 94.9 Å². The van der Waals surface area contributed by atoms with Crippen LogP contribution in [0.1, 0.15) is 91.9 Å². The van der Waals surface area contributed by atoms with Gasteiger partial charge in [0.25, 0.3) is 0 Å². The first-order chi connectivity index (χ1) is 9.24. The molecular formula is C18H40N+. The lowest BCUT2D eigenvalue weighted by Gasteiger charge is -2.36. The van der Waals surface area contributed by atoms with Crippen molar-refractivity contribution in [1.29, 1.82) is 0 Å². The zero-order valence-corrected chi connectivity index (χ0v) is 14.3. The molecule has 0 radical (unpaired) electrons. The van der Waals surface area contributed by atoms with Crippen LogP contribution in [0.3, 0.4) is 0 Å². The predicted octanol–water partition coefficient (Wildman–Crippen LogP) is 5.78. The Labute approximate surface area is 123 Å². The lowest BCUT2D eigenvalue weighted by atomic mass is 10.1. The van der Waals surface area contributed by atoms with Crippen molar-refractivity contribution in [3.8, 4) is 0 Å². The quantitative estimate of drug-likeness (QED) is 0.277. The Morgan fingerprint density at radius 1 is 0.474 bits per heavy atom. The van der Waals surface area contributed by atoms with Crippen molar-refractivity contribution in [1.82, 2.24) is 0 Å². The van der Waals surface area contributed by atoms with Crippen LogP contribution in [0.2, 0.25) is 0 Å². The van der Waals surface area contributed by atoms with E-state index < -0.39 is 0 Å². The highest BCUT2D eigenvalue weighted by atomic mass is 15.3. The molecule has 1 nitrogen and oxygen atoms in total. The van der Waals surface area contributed by atoms with Crippen molar-refractivity contribution in [3.63, 3.8) is 0 Å². The molecule has 0 unspecified atom stereocenters. The highest BCUT2D eigenvalue weighted by Gasteiger charge is 2.20. The molecule has 0 aliphatic heterocycles. The van der Waals surface area contributed by atoms with E-state index in [-0.39, 0.29) is 0 Å². The van der Waals surface area contributed by atoms with Crippen molar-refractivity contribution >= 4 is 0 Å². The standard InChI is InChI=1S/C18H40N/c1-5-9-10-11-12-13-14-15-16-18-19(7-3,8-4)17-6-2/h5-18H2,1-4H3/q+1. The van der Waals surface area contributed by atoms with E-state index in [9.17, 15) is 0 Å². The average Bonchev–Trinajstić information content (AvgIpc) is 2.44. The molecule has 0 aromatic rings. The highest BCUT2D eigenvalue weighted by Crippen LogP contribution is 2.13. The first kappa shape index (κ1) is 19.0. The lowest BCUT2D eigenvalue weighted by Crippen LogP contribution is -2.48. The van der Waals surface area contributed by atoms with Crippen LogP contribution in [0.25, 0.3) is 0 Å².